The second-order valence-corrected chi connectivity index (χ2v) is 7.23. The predicted molar refractivity (Wildman–Crippen MR) is 97.3 cm³/mol. The van der Waals surface area contributed by atoms with Crippen LogP contribution in [-0.4, -0.2) is 65.9 Å². The van der Waals surface area contributed by atoms with Crippen molar-refractivity contribution in [3.8, 4) is 0 Å². The molecule has 0 aromatic heterocycles. The van der Waals surface area contributed by atoms with Gasteiger partial charge < -0.3 is 26.0 Å². The first-order valence-electron chi connectivity index (χ1n) is 9.65. The number of rotatable bonds is 9. The molecule has 27 heavy (non-hydrogen) atoms. The average Bonchev–Trinajstić information content (AvgIpc) is 3.30. The minimum absolute atomic E-state index is 0.137. The third kappa shape index (κ3) is 4.97. The van der Waals surface area contributed by atoms with Crippen molar-refractivity contribution in [2.45, 2.75) is 70.7 Å². The summed E-state index contributed by atoms with van der Waals surface area (Å²) in [4.78, 5) is 50.4. The third-order valence-electron chi connectivity index (χ3n) is 5.20. The van der Waals surface area contributed by atoms with Crippen LogP contribution in [0.25, 0.3) is 0 Å². The molecule has 0 saturated carbocycles. The summed E-state index contributed by atoms with van der Waals surface area (Å²) in [5.41, 5.74) is 5.40. The molecular formula is C18H30N4O5. The van der Waals surface area contributed by atoms with Crippen LogP contribution in [0.15, 0.2) is 0 Å². The SMILES string of the molecule is CCCNC(=O)[C@H]1OC1C(=O)N[C@H](C(=O)N1CCC[C@H]1C(N)=O)[C@@H](C)CC. The minimum Gasteiger partial charge on any atom is -0.368 e. The standard InChI is InChI=1S/C18H30N4O5/c1-4-8-20-16(24)13-14(27-13)17(25)21-12(10(3)5-2)18(26)22-9-6-7-11(22)15(19)23/h10-14H,4-9H2,1-3H3,(H2,19,23)(H,20,24)(H,21,25)/t10-,11-,12-,13-,14?/m0/s1. The second-order valence-electron chi connectivity index (χ2n) is 7.23. The van der Waals surface area contributed by atoms with Gasteiger partial charge in [0.15, 0.2) is 12.2 Å². The summed E-state index contributed by atoms with van der Waals surface area (Å²) in [6.07, 6.45) is 0.995. The van der Waals surface area contributed by atoms with E-state index in [1.54, 1.807) is 0 Å². The quantitative estimate of drug-likeness (QED) is 0.453. The Balaban J connectivity index is 2.01. The molecule has 0 radical (unpaired) electrons. The fourth-order valence-corrected chi connectivity index (χ4v) is 3.28. The molecule has 2 rings (SSSR count). The first-order valence-corrected chi connectivity index (χ1v) is 9.65. The highest BCUT2D eigenvalue weighted by atomic mass is 16.6. The molecule has 2 saturated heterocycles. The molecule has 0 bridgehead atoms. The molecule has 9 nitrogen and oxygen atoms in total. The van der Waals surface area contributed by atoms with Crippen LogP contribution in [0.4, 0.5) is 0 Å². The highest BCUT2D eigenvalue weighted by molar-refractivity contribution is 5.97. The van der Waals surface area contributed by atoms with Gasteiger partial charge in [-0.1, -0.05) is 27.2 Å². The minimum atomic E-state index is -0.883. The van der Waals surface area contributed by atoms with E-state index in [2.05, 4.69) is 10.6 Å². The zero-order valence-electron chi connectivity index (χ0n) is 16.2. The van der Waals surface area contributed by atoms with Gasteiger partial charge in [-0.3, -0.25) is 19.2 Å². The molecule has 1 unspecified atom stereocenters. The maximum atomic E-state index is 13.0. The van der Waals surface area contributed by atoms with E-state index < -0.39 is 36.1 Å². The van der Waals surface area contributed by atoms with Crippen LogP contribution >= 0.6 is 0 Å². The van der Waals surface area contributed by atoms with Gasteiger partial charge in [-0.15, -0.1) is 0 Å². The molecule has 0 spiro atoms. The van der Waals surface area contributed by atoms with Crippen LogP contribution in [0.5, 0.6) is 0 Å². The number of nitrogens with two attached hydrogens (primary N) is 1. The van der Waals surface area contributed by atoms with Crippen molar-refractivity contribution in [3.05, 3.63) is 0 Å². The molecule has 0 aromatic rings. The Bertz CT molecular complexity index is 596. The molecule has 2 fully saturated rings. The maximum Gasteiger partial charge on any atom is 0.253 e. The molecule has 4 amide bonds. The summed E-state index contributed by atoms with van der Waals surface area (Å²) in [6.45, 7) is 6.67. The summed E-state index contributed by atoms with van der Waals surface area (Å²) in [5.74, 6) is -1.79. The van der Waals surface area contributed by atoms with Gasteiger partial charge >= 0.3 is 0 Å². The normalized spacial score (nSPS) is 26.2. The van der Waals surface area contributed by atoms with Crippen molar-refractivity contribution in [1.29, 1.82) is 0 Å². The molecule has 9 heteroatoms. The number of amides is 4. The number of ether oxygens (including phenoxy) is 1. The van der Waals surface area contributed by atoms with E-state index in [9.17, 15) is 19.2 Å². The van der Waals surface area contributed by atoms with Crippen molar-refractivity contribution in [2.24, 2.45) is 11.7 Å². The molecule has 0 aliphatic carbocycles. The molecule has 2 aliphatic heterocycles. The lowest BCUT2D eigenvalue weighted by atomic mass is 9.97. The summed E-state index contributed by atoms with van der Waals surface area (Å²) >= 11 is 0. The molecule has 4 N–H and O–H groups in total. The van der Waals surface area contributed by atoms with Crippen LogP contribution in [0.2, 0.25) is 0 Å². The van der Waals surface area contributed by atoms with Gasteiger partial charge in [0.2, 0.25) is 11.8 Å². The van der Waals surface area contributed by atoms with Crippen LogP contribution in [0.3, 0.4) is 0 Å². The van der Waals surface area contributed by atoms with Gasteiger partial charge in [0.05, 0.1) is 0 Å². The summed E-state index contributed by atoms with van der Waals surface area (Å²) in [7, 11) is 0. The van der Waals surface area contributed by atoms with Gasteiger partial charge in [0.1, 0.15) is 12.1 Å². The van der Waals surface area contributed by atoms with E-state index in [-0.39, 0.29) is 17.7 Å². The first-order chi connectivity index (χ1) is 12.8. The van der Waals surface area contributed by atoms with Gasteiger partial charge in [-0.05, 0) is 25.2 Å². The summed E-state index contributed by atoms with van der Waals surface area (Å²) in [5, 5.41) is 5.40. The van der Waals surface area contributed by atoms with Crippen LogP contribution in [-0.2, 0) is 23.9 Å². The molecule has 152 valence electrons. The maximum absolute atomic E-state index is 13.0. The van der Waals surface area contributed by atoms with E-state index in [4.69, 9.17) is 10.5 Å². The molecule has 2 heterocycles. The molecular weight excluding hydrogens is 352 g/mol. The van der Waals surface area contributed by atoms with Crippen molar-refractivity contribution >= 4 is 23.6 Å². The van der Waals surface area contributed by atoms with Gasteiger partial charge in [-0.2, -0.15) is 0 Å². The fraction of sp³-hybridized carbons (Fsp3) is 0.778. The Morgan fingerprint density at radius 3 is 2.44 bits per heavy atom. The smallest absolute Gasteiger partial charge is 0.253 e. The Hall–Kier alpha value is -2.16. The number of carbonyl (C=O) groups is 4. The van der Waals surface area contributed by atoms with Crippen molar-refractivity contribution in [1.82, 2.24) is 15.5 Å². The Labute approximate surface area is 159 Å². The zero-order valence-corrected chi connectivity index (χ0v) is 16.2. The van der Waals surface area contributed by atoms with E-state index in [0.717, 1.165) is 6.42 Å². The number of nitrogens with one attached hydrogen (secondary N) is 2. The van der Waals surface area contributed by atoms with E-state index in [0.29, 0.717) is 32.4 Å². The Morgan fingerprint density at radius 2 is 1.85 bits per heavy atom. The monoisotopic (exact) mass is 382 g/mol. The number of carbonyl (C=O) groups excluding carboxylic acids is 4. The number of primary amides is 1. The van der Waals surface area contributed by atoms with E-state index in [1.165, 1.54) is 4.90 Å². The van der Waals surface area contributed by atoms with Crippen molar-refractivity contribution in [3.63, 3.8) is 0 Å². The topological polar surface area (TPSA) is 134 Å². The summed E-state index contributed by atoms with van der Waals surface area (Å²) in [6, 6.07) is -1.42. The highest BCUT2D eigenvalue weighted by Crippen LogP contribution is 2.25. The lowest BCUT2D eigenvalue weighted by Crippen LogP contribution is -2.55. The predicted octanol–water partition coefficient (Wildman–Crippen LogP) is -0.713. The molecule has 2 aliphatic rings. The average molecular weight is 382 g/mol. The molecule has 0 aromatic carbocycles. The largest absolute Gasteiger partial charge is 0.368 e. The van der Waals surface area contributed by atoms with Crippen LogP contribution in [0.1, 0.15) is 46.5 Å². The Kier molecular flexibility index (Phi) is 7.18. The third-order valence-corrected chi connectivity index (χ3v) is 5.20. The van der Waals surface area contributed by atoms with E-state index >= 15 is 0 Å². The zero-order chi connectivity index (χ0) is 20.1. The van der Waals surface area contributed by atoms with Gasteiger partial charge in [0, 0.05) is 13.1 Å². The molecule has 5 atom stereocenters. The fourth-order valence-electron chi connectivity index (χ4n) is 3.28. The number of hydrogen-bond donors (Lipinski definition) is 3. The second kappa shape index (κ2) is 9.16. The highest BCUT2D eigenvalue weighted by Gasteiger charge is 2.51. The number of likely N-dealkylation sites (tertiary alicyclic amines) is 1. The van der Waals surface area contributed by atoms with Crippen LogP contribution < -0.4 is 16.4 Å². The van der Waals surface area contributed by atoms with Gasteiger partial charge in [-0.25, -0.2) is 0 Å². The van der Waals surface area contributed by atoms with Crippen molar-refractivity contribution < 1.29 is 23.9 Å². The Morgan fingerprint density at radius 1 is 1.19 bits per heavy atom. The number of epoxide rings is 1. The van der Waals surface area contributed by atoms with Gasteiger partial charge in [0.25, 0.3) is 11.8 Å². The first kappa shape index (κ1) is 21.1. The lowest BCUT2D eigenvalue weighted by molar-refractivity contribution is -0.142. The summed E-state index contributed by atoms with van der Waals surface area (Å²) < 4.78 is 5.19. The lowest BCUT2D eigenvalue weighted by Gasteiger charge is -2.30. The van der Waals surface area contributed by atoms with Crippen molar-refractivity contribution in [2.75, 3.05) is 13.1 Å². The number of nitrogens with zero attached hydrogens (tertiary/aromatic N) is 1. The van der Waals surface area contributed by atoms with E-state index in [1.807, 2.05) is 20.8 Å². The van der Waals surface area contributed by atoms with Crippen LogP contribution in [0, 0.1) is 5.92 Å². The number of hydrogen-bond acceptors (Lipinski definition) is 5.